The van der Waals surface area contributed by atoms with Gasteiger partial charge in [-0.2, -0.15) is 0 Å². The lowest BCUT2D eigenvalue weighted by atomic mass is 10.1. The molecule has 4 rings (SSSR count). The second-order valence-corrected chi connectivity index (χ2v) is 7.05. The molecule has 0 saturated carbocycles. The number of benzene rings is 2. The van der Waals surface area contributed by atoms with E-state index >= 15 is 0 Å². The minimum absolute atomic E-state index is 0.207. The maximum absolute atomic E-state index is 12.6. The van der Waals surface area contributed by atoms with Crippen LogP contribution in [0.25, 0.3) is 0 Å². The summed E-state index contributed by atoms with van der Waals surface area (Å²) in [6.07, 6.45) is 2.22. The zero-order valence-corrected chi connectivity index (χ0v) is 16.1. The molecule has 28 heavy (non-hydrogen) atoms. The summed E-state index contributed by atoms with van der Waals surface area (Å²) in [5.41, 5.74) is 2.88. The summed E-state index contributed by atoms with van der Waals surface area (Å²) >= 11 is 11.8. The van der Waals surface area contributed by atoms with Gasteiger partial charge in [0.1, 0.15) is 0 Å². The Morgan fingerprint density at radius 1 is 0.964 bits per heavy atom. The Bertz CT molecular complexity index is 1050. The molecule has 2 N–H and O–H groups in total. The third kappa shape index (κ3) is 3.69. The van der Waals surface area contributed by atoms with Gasteiger partial charge in [-0.25, -0.2) is 4.79 Å². The Kier molecular flexibility index (Phi) is 4.98. The number of amides is 3. The topological polar surface area (TPSA) is 74.6 Å². The molecule has 3 aromatic rings. The molecule has 0 atom stereocenters. The number of hydrogen-bond donors (Lipinski definition) is 2. The third-order valence-electron chi connectivity index (χ3n) is 4.39. The maximum atomic E-state index is 12.6. The highest BCUT2D eigenvalue weighted by Gasteiger charge is 2.27. The Morgan fingerprint density at radius 3 is 2.43 bits per heavy atom. The largest absolute Gasteiger partial charge is 0.459 e. The van der Waals surface area contributed by atoms with Gasteiger partial charge in [-0.1, -0.05) is 29.3 Å². The standard InChI is InChI=1S/C20H15Cl2N3O3/c21-15-6-5-13(10-16(15)22)23-20(27)24-14-4-3-12-7-8-25(17(12)11-14)19(26)18-2-1-9-28-18/h1-6,9-11H,7-8H2,(H2,23,24,27). The fraction of sp³-hybridized carbons (Fsp3) is 0.100. The van der Waals surface area contributed by atoms with Gasteiger partial charge in [0.25, 0.3) is 5.91 Å². The van der Waals surface area contributed by atoms with E-state index in [1.807, 2.05) is 6.07 Å². The number of carbonyl (C=O) groups excluding carboxylic acids is 2. The lowest BCUT2D eigenvalue weighted by Crippen LogP contribution is -2.28. The maximum Gasteiger partial charge on any atom is 0.323 e. The molecule has 6 nitrogen and oxygen atoms in total. The molecule has 2 aromatic carbocycles. The Morgan fingerprint density at radius 2 is 1.71 bits per heavy atom. The molecular formula is C20H15Cl2N3O3. The second-order valence-electron chi connectivity index (χ2n) is 6.24. The summed E-state index contributed by atoms with van der Waals surface area (Å²) in [7, 11) is 0. The van der Waals surface area contributed by atoms with E-state index in [2.05, 4.69) is 10.6 Å². The van der Waals surface area contributed by atoms with Crippen LogP contribution in [0.5, 0.6) is 0 Å². The van der Waals surface area contributed by atoms with Gasteiger partial charge in [0, 0.05) is 23.6 Å². The molecule has 8 heteroatoms. The molecular weight excluding hydrogens is 401 g/mol. The number of halogens is 2. The summed E-state index contributed by atoms with van der Waals surface area (Å²) in [4.78, 5) is 26.5. The van der Waals surface area contributed by atoms with Gasteiger partial charge in [-0.15, -0.1) is 0 Å². The van der Waals surface area contributed by atoms with Gasteiger partial charge in [-0.05, 0) is 54.4 Å². The molecule has 0 bridgehead atoms. The van der Waals surface area contributed by atoms with E-state index in [9.17, 15) is 9.59 Å². The van der Waals surface area contributed by atoms with E-state index in [0.29, 0.717) is 28.0 Å². The van der Waals surface area contributed by atoms with Crippen molar-refractivity contribution in [2.24, 2.45) is 0 Å². The van der Waals surface area contributed by atoms with Gasteiger partial charge in [0.05, 0.1) is 16.3 Å². The number of nitrogens with zero attached hydrogens (tertiary/aromatic N) is 1. The smallest absolute Gasteiger partial charge is 0.323 e. The summed E-state index contributed by atoms with van der Waals surface area (Å²) < 4.78 is 5.21. The van der Waals surface area contributed by atoms with Gasteiger partial charge in [0.15, 0.2) is 5.76 Å². The van der Waals surface area contributed by atoms with Crippen molar-refractivity contribution in [3.05, 3.63) is 76.2 Å². The number of rotatable bonds is 3. The van der Waals surface area contributed by atoms with E-state index < -0.39 is 6.03 Å². The predicted molar refractivity (Wildman–Crippen MR) is 110 cm³/mol. The van der Waals surface area contributed by atoms with E-state index in [-0.39, 0.29) is 11.7 Å². The van der Waals surface area contributed by atoms with E-state index in [4.69, 9.17) is 27.6 Å². The molecule has 2 heterocycles. The summed E-state index contributed by atoms with van der Waals surface area (Å²) in [5, 5.41) is 6.22. The fourth-order valence-electron chi connectivity index (χ4n) is 3.07. The lowest BCUT2D eigenvalue weighted by Gasteiger charge is -2.17. The molecule has 0 radical (unpaired) electrons. The fourth-order valence-corrected chi connectivity index (χ4v) is 3.37. The van der Waals surface area contributed by atoms with Crippen LogP contribution in [-0.4, -0.2) is 18.5 Å². The van der Waals surface area contributed by atoms with Gasteiger partial charge >= 0.3 is 6.03 Å². The SMILES string of the molecule is O=C(Nc1ccc(Cl)c(Cl)c1)Nc1ccc2c(c1)N(C(=O)c1ccco1)CC2. The zero-order chi connectivity index (χ0) is 19.7. The average Bonchev–Trinajstić information content (AvgIpc) is 3.34. The molecule has 1 aromatic heterocycles. The summed E-state index contributed by atoms with van der Waals surface area (Å²) in [6.45, 7) is 0.563. The van der Waals surface area contributed by atoms with Crippen molar-refractivity contribution in [2.75, 3.05) is 22.1 Å². The minimum atomic E-state index is -0.430. The highest BCUT2D eigenvalue weighted by molar-refractivity contribution is 6.42. The monoisotopic (exact) mass is 415 g/mol. The number of carbonyl (C=O) groups is 2. The lowest BCUT2D eigenvalue weighted by molar-refractivity contribution is 0.0963. The molecule has 0 unspecified atom stereocenters. The molecule has 0 saturated heterocycles. The van der Waals surface area contributed by atoms with Crippen molar-refractivity contribution >= 4 is 52.2 Å². The van der Waals surface area contributed by atoms with Crippen LogP contribution in [0.1, 0.15) is 16.1 Å². The number of furan rings is 1. The van der Waals surface area contributed by atoms with E-state index in [1.54, 1.807) is 47.4 Å². The first kappa shape index (κ1) is 18.4. The predicted octanol–water partition coefficient (Wildman–Crippen LogP) is 5.43. The molecule has 142 valence electrons. The van der Waals surface area contributed by atoms with Crippen LogP contribution in [-0.2, 0) is 6.42 Å². The van der Waals surface area contributed by atoms with Crippen molar-refractivity contribution in [1.82, 2.24) is 0 Å². The van der Waals surface area contributed by atoms with Crippen LogP contribution >= 0.6 is 23.2 Å². The van der Waals surface area contributed by atoms with Crippen LogP contribution in [0.3, 0.4) is 0 Å². The molecule has 3 amide bonds. The molecule has 0 fully saturated rings. The highest BCUT2D eigenvalue weighted by Crippen LogP contribution is 2.32. The van der Waals surface area contributed by atoms with E-state index in [0.717, 1.165) is 17.7 Å². The van der Waals surface area contributed by atoms with Crippen molar-refractivity contribution in [3.8, 4) is 0 Å². The number of urea groups is 1. The first-order valence-corrected chi connectivity index (χ1v) is 9.28. The Balaban J connectivity index is 1.49. The molecule has 0 spiro atoms. The Labute approximate surface area is 171 Å². The van der Waals surface area contributed by atoms with Crippen molar-refractivity contribution in [1.29, 1.82) is 0 Å². The van der Waals surface area contributed by atoms with Gasteiger partial charge in [0.2, 0.25) is 0 Å². The minimum Gasteiger partial charge on any atom is -0.459 e. The normalized spacial score (nSPS) is 12.6. The van der Waals surface area contributed by atoms with Gasteiger partial charge < -0.3 is 20.0 Å². The second kappa shape index (κ2) is 7.58. The Hall–Kier alpha value is -2.96. The highest BCUT2D eigenvalue weighted by atomic mass is 35.5. The van der Waals surface area contributed by atoms with Crippen LogP contribution in [0.4, 0.5) is 21.9 Å². The number of anilines is 3. The third-order valence-corrected chi connectivity index (χ3v) is 5.13. The van der Waals surface area contributed by atoms with Crippen molar-refractivity contribution in [3.63, 3.8) is 0 Å². The van der Waals surface area contributed by atoms with E-state index in [1.165, 1.54) is 6.26 Å². The summed E-state index contributed by atoms with van der Waals surface area (Å²) in [6, 6.07) is 13.2. The molecule has 1 aliphatic heterocycles. The quantitative estimate of drug-likeness (QED) is 0.598. The zero-order valence-electron chi connectivity index (χ0n) is 14.5. The van der Waals surface area contributed by atoms with Crippen molar-refractivity contribution in [2.45, 2.75) is 6.42 Å². The van der Waals surface area contributed by atoms with Crippen LogP contribution < -0.4 is 15.5 Å². The molecule has 1 aliphatic rings. The van der Waals surface area contributed by atoms with Crippen LogP contribution in [0.2, 0.25) is 10.0 Å². The first-order chi connectivity index (χ1) is 13.5. The number of fused-ring (bicyclic) bond motifs is 1. The van der Waals surface area contributed by atoms with Crippen LogP contribution in [0.15, 0.2) is 59.2 Å². The van der Waals surface area contributed by atoms with Crippen molar-refractivity contribution < 1.29 is 14.0 Å². The molecule has 0 aliphatic carbocycles. The van der Waals surface area contributed by atoms with Crippen LogP contribution in [0, 0.1) is 0 Å². The number of nitrogens with one attached hydrogen (secondary N) is 2. The summed E-state index contributed by atoms with van der Waals surface area (Å²) in [5.74, 6) is 0.0738. The average molecular weight is 416 g/mol. The van der Waals surface area contributed by atoms with Gasteiger partial charge in [-0.3, -0.25) is 4.79 Å². The number of hydrogen-bond acceptors (Lipinski definition) is 3. The first-order valence-electron chi connectivity index (χ1n) is 8.52.